The molecule has 0 saturated carbocycles. The summed E-state index contributed by atoms with van der Waals surface area (Å²) in [7, 11) is 0. The van der Waals surface area contributed by atoms with E-state index in [0.717, 1.165) is 21.1 Å². The van der Waals surface area contributed by atoms with Crippen molar-refractivity contribution in [3.05, 3.63) is 53.1 Å². The van der Waals surface area contributed by atoms with Gasteiger partial charge in [-0.1, -0.05) is 43.6 Å². The summed E-state index contributed by atoms with van der Waals surface area (Å²) < 4.78 is 25.9. The number of halogens is 3. The Kier molecular flexibility index (Phi) is 6.17. The van der Waals surface area contributed by atoms with Crippen molar-refractivity contribution in [1.29, 1.82) is 0 Å². The predicted octanol–water partition coefficient (Wildman–Crippen LogP) is 5.03. The Morgan fingerprint density at radius 1 is 1.17 bits per heavy atom. The number of carbonyl (C=O) groups excluding carboxylic acids is 1. The van der Waals surface area contributed by atoms with E-state index in [1.807, 2.05) is 13.8 Å². The number of benzene rings is 2. The Morgan fingerprint density at radius 2 is 1.77 bits per heavy atom. The zero-order chi connectivity index (χ0) is 22.1. The topological polar surface area (TPSA) is 70.1 Å². The number of amides is 2. The Bertz CT molecular complexity index is 943. The minimum atomic E-state index is -2.80. The van der Waals surface area contributed by atoms with Gasteiger partial charge in [-0.25, -0.2) is 13.6 Å². The first-order valence-corrected chi connectivity index (χ1v) is 9.69. The normalized spacial score (nSPS) is 14.9. The number of hydrogen-bond acceptors (Lipinski definition) is 3. The molecule has 0 aromatic heterocycles. The molecule has 1 heterocycles. The van der Waals surface area contributed by atoms with Crippen molar-refractivity contribution in [2.75, 3.05) is 19.6 Å². The second-order valence-corrected chi connectivity index (χ2v) is 7.98. The fraction of sp³-hybridized carbons (Fsp3) is 0.333. The lowest BCUT2D eigenvalue weighted by Crippen LogP contribution is -2.58. The third-order valence-corrected chi connectivity index (χ3v) is 4.78. The van der Waals surface area contributed by atoms with Crippen molar-refractivity contribution in [3.8, 4) is 16.9 Å². The molecule has 6 nitrogen and oxygen atoms in total. The Labute approximate surface area is 177 Å². The van der Waals surface area contributed by atoms with Crippen LogP contribution >= 0.6 is 11.6 Å². The van der Waals surface area contributed by atoms with E-state index >= 15 is 0 Å². The highest BCUT2D eigenvalue weighted by atomic mass is 35.5. The fourth-order valence-corrected chi connectivity index (χ4v) is 3.22. The van der Waals surface area contributed by atoms with E-state index in [-0.39, 0.29) is 23.2 Å². The molecule has 1 aliphatic heterocycles. The predicted molar refractivity (Wildman–Crippen MR) is 108 cm³/mol. The number of carbonyl (C=O) groups is 2. The SMILES string of the molecule is CC(C)CN(Oc1ccc(-c2ccc(C(=O)N3CC(F)(F)C3)cc2)cc1Cl)C(=O)O. The Morgan fingerprint density at radius 3 is 2.27 bits per heavy atom. The van der Waals surface area contributed by atoms with Crippen LogP contribution < -0.4 is 4.84 Å². The van der Waals surface area contributed by atoms with E-state index in [9.17, 15) is 23.5 Å². The quantitative estimate of drug-likeness (QED) is 0.642. The molecule has 0 spiro atoms. The fourth-order valence-electron chi connectivity index (χ4n) is 3.00. The summed E-state index contributed by atoms with van der Waals surface area (Å²) in [5, 5.41) is 10.3. The van der Waals surface area contributed by atoms with Crippen LogP contribution in [0.25, 0.3) is 11.1 Å². The summed E-state index contributed by atoms with van der Waals surface area (Å²) in [5.41, 5.74) is 1.81. The maximum Gasteiger partial charge on any atom is 0.440 e. The van der Waals surface area contributed by atoms with Crippen LogP contribution in [0.4, 0.5) is 13.6 Å². The molecule has 2 amide bonds. The molecule has 1 saturated heterocycles. The second kappa shape index (κ2) is 8.47. The third kappa shape index (κ3) is 4.99. The first-order valence-electron chi connectivity index (χ1n) is 9.31. The molecule has 0 unspecified atom stereocenters. The van der Waals surface area contributed by atoms with Gasteiger partial charge in [-0.05, 0) is 41.3 Å². The standard InChI is InChI=1S/C21H21ClF2N2O4/c1-13(2)10-26(20(28)29)30-18-8-7-16(9-17(18)22)14-3-5-15(6-4-14)19(27)25-11-21(23,24)12-25/h3-9,13H,10-12H2,1-2H3,(H,28,29). The molecule has 0 atom stereocenters. The molecule has 2 aromatic carbocycles. The highest BCUT2D eigenvalue weighted by molar-refractivity contribution is 6.32. The maximum atomic E-state index is 13.0. The van der Waals surface area contributed by atoms with Gasteiger partial charge in [0.1, 0.15) is 0 Å². The summed E-state index contributed by atoms with van der Waals surface area (Å²) in [5.74, 6) is -2.97. The molecule has 1 aliphatic rings. The van der Waals surface area contributed by atoms with Crippen LogP contribution in [-0.2, 0) is 0 Å². The largest absolute Gasteiger partial charge is 0.463 e. The van der Waals surface area contributed by atoms with E-state index in [1.54, 1.807) is 42.5 Å². The lowest BCUT2D eigenvalue weighted by Gasteiger charge is -2.38. The monoisotopic (exact) mass is 438 g/mol. The smallest absolute Gasteiger partial charge is 0.440 e. The summed E-state index contributed by atoms with van der Waals surface area (Å²) in [6.07, 6.45) is -1.22. The van der Waals surface area contributed by atoms with Gasteiger partial charge in [0.05, 0.1) is 24.7 Å². The first-order chi connectivity index (χ1) is 14.1. The van der Waals surface area contributed by atoms with E-state index in [4.69, 9.17) is 16.4 Å². The molecular formula is C21H21ClF2N2O4. The molecule has 1 N–H and O–H groups in total. The molecule has 160 valence electrons. The minimum Gasteiger partial charge on any atom is -0.463 e. The molecule has 0 aliphatic carbocycles. The van der Waals surface area contributed by atoms with Gasteiger partial charge >= 0.3 is 6.09 Å². The van der Waals surface area contributed by atoms with Crippen LogP contribution in [-0.4, -0.2) is 52.6 Å². The van der Waals surface area contributed by atoms with Crippen molar-refractivity contribution in [3.63, 3.8) is 0 Å². The van der Waals surface area contributed by atoms with Gasteiger partial charge < -0.3 is 14.8 Å². The lowest BCUT2D eigenvalue weighted by molar-refractivity contribution is -0.113. The average molecular weight is 439 g/mol. The number of hydroxylamine groups is 2. The van der Waals surface area contributed by atoms with Crippen LogP contribution in [0.15, 0.2) is 42.5 Å². The van der Waals surface area contributed by atoms with E-state index in [0.29, 0.717) is 5.56 Å². The number of alkyl halides is 2. The van der Waals surface area contributed by atoms with Crippen LogP contribution in [0, 0.1) is 5.92 Å². The van der Waals surface area contributed by atoms with Crippen LogP contribution in [0.3, 0.4) is 0 Å². The highest BCUT2D eigenvalue weighted by Gasteiger charge is 2.46. The van der Waals surface area contributed by atoms with E-state index in [1.165, 1.54) is 0 Å². The van der Waals surface area contributed by atoms with Gasteiger partial charge in [0, 0.05) is 5.56 Å². The highest BCUT2D eigenvalue weighted by Crippen LogP contribution is 2.32. The van der Waals surface area contributed by atoms with Crippen LogP contribution in [0.5, 0.6) is 5.75 Å². The van der Waals surface area contributed by atoms with Gasteiger partial charge in [0.25, 0.3) is 11.8 Å². The van der Waals surface area contributed by atoms with Crippen LogP contribution in [0.1, 0.15) is 24.2 Å². The first kappa shape index (κ1) is 21.8. The van der Waals surface area contributed by atoms with Crippen molar-refractivity contribution >= 4 is 23.6 Å². The van der Waals surface area contributed by atoms with Gasteiger partial charge in [0.2, 0.25) is 0 Å². The van der Waals surface area contributed by atoms with Crippen molar-refractivity contribution in [1.82, 2.24) is 9.96 Å². The number of nitrogens with zero attached hydrogens (tertiary/aromatic N) is 2. The van der Waals surface area contributed by atoms with Gasteiger partial charge in [-0.2, -0.15) is 0 Å². The van der Waals surface area contributed by atoms with Crippen LogP contribution in [0.2, 0.25) is 5.02 Å². The summed E-state index contributed by atoms with van der Waals surface area (Å²) in [6.45, 7) is 2.80. The molecule has 9 heteroatoms. The molecule has 0 bridgehead atoms. The zero-order valence-electron chi connectivity index (χ0n) is 16.4. The van der Waals surface area contributed by atoms with E-state index < -0.39 is 31.0 Å². The molecule has 3 rings (SSSR count). The minimum absolute atomic E-state index is 0.0721. The zero-order valence-corrected chi connectivity index (χ0v) is 17.2. The maximum absolute atomic E-state index is 13.0. The molecule has 1 fully saturated rings. The third-order valence-electron chi connectivity index (χ3n) is 4.48. The summed E-state index contributed by atoms with van der Waals surface area (Å²) in [4.78, 5) is 30.0. The van der Waals surface area contributed by atoms with Crippen molar-refractivity contribution < 1.29 is 28.3 Å². The number of carboxylic acid groups (broad SMARTS) is 1. The lowest BCUT2D eigenvalue weighted by atomic mass is 10.0. The number of hydrogen-bond donors (Lipinski definition) is 1. The average Bonchev–Trinajstić information content (AvgIpc) is 2.66. The van der Waals surface area contributed by atoms with E-state index in [2.05, 4.69) is 0 Å². The molecule has 30 heavy (non-hydrogen) atoms. The Hall–Kier alpha value is -2.87. The van der Waals surface area contributed by atoms with Gasteiger partial charge in [-0.3, -0.25) is 4.79 Å². The number of rotatable bonds is 6. The molecule has 0 radical (unpaired) electrons. The molecule has 2 aromatic rings. The number of likely N-dealkylation sites (tertiary alicyclic amines) is 1. The summed E-state index contributed by atoms with van der Waals surface area (Å²) >= 11 is 6.26. The van der Waals surface area contributed by atoms with Crippen molar-refractivity contribution in [2.45, 2.75) is 19.8 Å². The van der Waals surface area contributed by atoms with Crippen molar-refractivity contribution in [2.24, 2.45) is 5.92 Å². The van der Waals surface area contributed by atoms with Gasteiger partial charge in [-0.15, -0.1) is 5.06 Å². The molecular weight excluding hydrogens is 418 g/mol. The van der Waals surface area contributed by atoms with Gasteiger partial charge in [0.15, 0.2) is 5.75 Å². The second-order valence-electron chi connectivity index (χ2n) is 7.57. The summed E-state index contributed by atoms with van der Waals surface area (Å²) in [6, 6.07) is 11.4. The Balaban J connectivity index is 1.71.